The third-order valence-corrected chi connectivity index (χ3v) is 4.03. The summed E-state index contributed by atoms with van der Waals surface area (Å²) in [6, 6.07) is 7.41. The maximum absolute atomic E-state index is 9.11. The molecule has 0 saturated carbocycles. The molecule has 0 aromatic carbocycles. The van der Waals surface area contributed by atoms with Crippen molar-refractivity contribution in [2.45, 2.75) is 0 Å². The molecular formula is C17H17N5O3. The highest BCUT2D eigenvalue weighted by Crippen LogP contribution is 2.32. The number of methoxy groups -OCH3 is 1. The van der Waals surface area contributed by atoms with Crippen molar-refractivity contribution in [1.82, 2.24) is 19.6 Å². The average Bonchev–Trinajstić information content (AvgIpc) is 3.24. The van der Waals surface area contributed by atoms with E-state index in [0.717, 1.165) is 16.9 Å². The lowest BCUT2D eigenvalue weighted by atomic mass is 10.3. The molecule has 4 aromatic heterocycles. The van der Waals surface area contributed by atoms with Gasteiger partial charge in [0.2, 0.25) is 5.88 Å². The number of anilines is 1. The number of furan rings is 1. The number of fused-ring (bicyclic) bond motifs is 2. The number of ether oxygens (including phenoxy) is 1. The highest BCUT2D eigenvalue weighted by atomic mass is 16.5. The molecule has 25 heavy (non-hydrogen) atoms. The van der Waals surface area contributed by atoms with Gasteiger partial charge in [0, 0.05) is 25.9 Å². The van der Waals surface area contributed by atoms with Gasteiger partial charge in [-0.3, -0.25) is 0 Å². The van der Waals surface area contributed by atoms with E-state index in [9.17, 15) is 0 Å². The number of aliphatic hydroxyl groups excluding tert-OH is 1. The Hall–Kier alpha value is -3.13. The van der Waals surface area contributed by atoms with Gasteiger partial charge in [-0.1, -0.05) is 0 Å². The fourth-order valence-corrected chi connectivity index (χ4v) is 2.73. The summed E-state index contributed by atoms with van der Waals surface area (Å²) in [5.74, 6) is 1.87. The van der Waals surface area contributed by atoms with E-state index >= 15 is 0 Å². The molecule has 8 nitrogen and oxygen atoms in total. The lowest BCUT2D eigenvalue weighted by molar-refractivity contribution is 0.303. The fourth-order valence-electron chi connectivity index (χ4n) is 2.73. The first kappa shape index (κ1) is 15.4. The maximum atomic E-state index is 9.11. The van der Waals surface area contributed by atoms with Gasteiger partial charge in [-0.25, -0.2) is 14.5 Å². The summed E-state index contributed by atoms with van der Waals surface area (Å²) < 4.78 is 12.9. The van der Waals surface area contributed by atoms with Crippen molar-refractivity contribution in [3.63, 3.8) is 0 Å². The van der Waals surface area contributed by atoms with Crippen LogP contribution in [0.25, 0.3) is 28.1 Å². The van der Waals surface area contributed by atoms with Gasteiger partial charge in [0.05, 0.1) is 25.3 Å². The van der Waals surface area contributed by atoms with Crippen molar-refractivity contribution >= 4 is 22.4 Å². The first-order valence-corrected chi connectivity index (χ1v) is 7.81. The average molecular weight is 339 g/mol. The monoisotopic (exact) mass is 339 g/mol. The predicted octanol–water partition coefficient (Wildman–Crippen LogP) is 1.97. The van der Waals surface area contributed by atoms with Gasteiger partial charge < -0.3 is 19.2 Å². The van der Waals surface area contributed by atoms with Gasteiger partial charge in [-0.05, 0) is 18.2 Å². The Balaban J connectivity index is 1.85. The van der Waals surface area contributed by atoms with E-state index in [4.69, 9.17) is 14.3 Å². The van der Waals surface area contributed by atoms with Crippen molar-refractivity contribution < 1.29 is 14.3 Å². The van der Waals surface area contributed by atoms with Crippen LogP contribution in [0.1, 0.15) is 0 Å². The first-order chi connectivity index (χ1) is 12.2. The molecule has 4 aromatic rings. The normalized spacial score (nSPS) is 11.3. The summed E-state index contributed by atoms with van der Waals surface area (Å²) >= 11 is 0. The molecule has 4 heterocycles. The summed E-state index contributed by atoms with van der Waals surface area (Å²) in [7, 11) is 3.45. The molecule has 0 radical (unpaired) electrons. The summed E-state index contributed by atoms with van der Waals surface area (Å²) in [6.07, 6.45) is 3.36. The number of rotatable bonds is 5. The van der Waals surface area contributed by atoms with E-state index in [-0.39, 0.29) is 6.61 Å². The number of pyridine rings is 1. The van der Waals surface area contributed by atoms with Gasteiger partial charge in [0.25, 0.3) is 0 Å². The second kappa shape index (κ2) is 6.06. The van der Waals surface area contributed by atoms with E-state index in [0.29, 0.717) is 29.4 Å². The van der Waals surface area contributed by atoms with Crippen LogP contribution in [0.2, 0.25) is 0 Å². The Morgan fingerprint density at radius 3 is 2.96 bits per heavy atom. The molecule has 1 N–H and O–H groups in total. The van der Waals surface area contributed by atoms with Crippen LogP contribution in [-0.2, 0) is 0 Å². The third-order valence-electron chi connectivity index (χ3n) is 4.03. The molecule has 0 atom stereocenters. The molecule has 0 unspecified atom stereocenters. The molecule has 4 rings (SSSR count). The number of aliphatic hydroxyl groups is 1. The Kier molecular flexibility index (Phi) is 3.73. The fraction of sp³-hybridized carbons (Fsp3) is 0.235. The van der Waals surface area contributed by atoms with Crippen LogP contribution >= 0.6 is 0 Å². The molecule has 128 valence electrons. The van der Waals surface area contributed by atoms with E-state index in [2.05, 4.69) is 15.1 Å². The molecule has 0 aliphatic heterocycles. The topological polar surface area (TPSA) is 88.9 Å². The molecule has 0 aliphatic carbocycles. The van der Waals surface area contributed by atoms with Crippen LogP contribution in [-0.4, -0.2) is 52.0 Å². The van der Waals surface area contributed by atoms with Crippen LogP contribution in [0.4, 0.5) is 5.82 Å². The number of aromatic nitrogens is 4. The molecule has 0 fully saturated rings. The Bertz CT molecular complexity index is 1040. The van der Waals surface area contributed by atoms with E-state index < -0.39 is 0 Å². The minimum Gasteiger partial charge on any atom is -0.480 e. The number of hydrogen-bond acceptors (Lipinski definition) is 7. The number of nitrogens with zero attached hydrogens (tertiary/aromatic N) is 5. The van der Waals surface area contributed by atoms with Crippen molar-refractivity contribution in [2.24, 2.45) is 0 Å². The molecule has 8 heteroatoms. The van der Waals surface area contributed by atoms with Crippen LogP contribution in [0.3, 0.4) is 0 Å². The molecule has 0 amide bonds. The van der Waals surface area contributed by atoms with Crippen molar-refractivity contribution in [1.29, 1.82) is 0 Å². The minimum atomic E-state index is 0.0589. The minimum absolute atomic E-state index is 0.0589. The Morgan fingerprint density at radius 2 is 2.16 bits per heavy atom. The zero-order valence-electron chi connectivity index (χ0n) is 13.9. The van der Waals surface area contributed by atoms with Crippen molar-refractivity contribution in [3.8, 4) is 17.3 Å². The van der Waals surface area contributed by atoms with Gasteiger partial charge >= 0.3 is 0 Å². The molecule has 0 saturated heterocycles. The van der Waals surface area contributed by atoms with Crippen molar-refractivity contribution in [2.75, 3.05) is 32.2 Å². The second-order valence-corrected chi connectivity index (χ2v) is 5.59. The van der Waals surface area contributed by atoms with Gasteiger partial charge in [0.15, 0.2) is 11.4 Å². The molecule has 0 bridgehead atoms. The predicted molar refractivity (Wildman–Crippen MR) is 92.9 cm³/mol. The van der Waals surface area contributed by atoms with Gasteiger partial charge in [-0.2, -0.15) is 0 Å². The molecule has 0 aliphatic rings. The van der Waals surface area contributed by atoms with Crippen LogP contribution in [0.5, 0.6) is 5.88 Å². The lowest BCUT2D eigenvalue weighted by Crippen LogP contribution is -2.22. The highest BCUT2D eigenvalue weighted by molar-refractivity contribution is 5.86. The third kappa shape index (κ3) is 2.56. The lowest BCUT2D eigenvalue weighted by Gasteiger charge is -2.16. The van der Waals surface area contributed by atoms with E-state index in [1.807, 2.05) is 30.1 Å². The van der Waals surface area contributed by atoms with Crippen LogP contribution < -0.4 is 9.64 Å². The van der Waals surface area contributed by atoms with Gasteiger partial charge in [0.1, 0.15) is 17.1 Å². The second-order valence-electron chi connectivity index (χ2n) is 5.59. The molecule has 0 spiro atoms. The standard InChI is InChI=1S/C17H17N5O3/c1-21(7-8-23)16-4-3-15-19-10-12(22(15)20-16)14-9-11-13(25-14)5-6-18-17(11)24-2/h3-6,9-10,23H,7-8H2,1-2H3. The zero-order chi connectivity index (χ0) is 17.4. The molecular weight excluding hydrogens is 322 g/mol. The van der Waals surface area contributed by atoms with Crippen LogP contribution in [0.15, 0.2) is 41.1 Å². The number of imidazole rings is 1. The summed E-state index contributed by atoms with van der Waals surface area (Å²) in [6.45, 7) is 0.555. The van der Waals surface area contributed by atoms with Crippen LogP contribution in [0, 0.1) is 0 Å². The van der Waals surface area contributed by atoms with E-state index in [1.165, 1.54) is 0 Å². The first-order valence-electron chi connectivity index (χ1n) is 7.81. The summed E-state index contributed by atoms with van der Waals surface area (Å²) in [5.41, 5.74) is 2.12. The summed E-state index contributed by atoms with van der Waals surface area (Å²) in [5, 5.41) is 14.5. The number of hydrogen-bond donors (Lipinski definition) is 1. The Morgan fingerprint density at radius 1 is 1.28 bits per heavy atom. The highest BCUT2D eigenvalue weighted by Gasteiger charge is 2.16. The van der Waals surface area contributed by atoms with Crippen molar-refractivity contribution in [3.05, 3.63) is 36.7 Å². The summed E-state index contributed by atoms with van der Waals surface area (Å²) in [4.78, 5) is 10.4. The quantitative estimate of drug-likeness (QED) is 0.594. The van der Waals surface area contributed by atoms with E-state index in [1.54, 1.807) is 30.1 Å². The zero-order valence-corrected chi connectivity index (χ0v) is 13.9. The maximum Gasteiger partial charge on any atom is 0.224 e. The largest absolute Gasteiger partial charge is 0.480 e. The smallest absolute Gasteiger partial charge is 0.224 e. The SMILES string of the molecule is COc1nccc2oc(-c3cnc4ccc(N(C)CCO)nn34)cc12. The van der Waals surface area contributed by atoms with Gasteiger partial charge in [-0.15, -0.1) is 5.10 Å². The Labute approximate surface area is 143 Å². The number of likely N-dealkylation sites (N-methyl/N-ethyl adjacent to an activating group) is 1.